The van der Waals surface area contributed by atoms with Crippen LogP contribution in [0, 0.1) is 11.3 Å². The highest BCUT2D eigenvalue weighted by Gasteiger charge is 2.42. The van der Waals surface area contributed by atoms with E-state index < -0.39 is 87.1 Å². The average molecular weight is 1150 g/mol. The van der Waals surface area contributed by atoms with E-state index in [9.17, 15) is 71.1 Å². The van der Waals surface area contributed by atoms with Gasteiger partial charge in [-0.15, -0.1) is 0 Å². The standard InChI is InChI=1S/C61H29F18N3/c62-56(63,64)35-15-18-38(46(27-35)59(71,72)73)31-12-21-51-43(24-31)41-7-1-3-9-49(41)81(51)53-23-14-33(40-20-17-37(58(68,69)70)29-48(40)61(77,78)79)26-45(53)55-34(30-80)6-5-11-54(55)82-50-10-4-2-8-42(50)44-25-32(13-22-52(44)82)39-19-16-36(57(65,66)67)28-47(39)60(74,75)76/h1-29H. The Kier molecular flexibility index (Phi) is 12.7. The van der Waals surface area contributed by atoms with Crippen molar-refractivity contribution in [1.29, 1.82) is 5.26 Å². The number of fused-ring (bicyclic) bond motifs is 6. The molecular weight excluding hydrogens is 1120 g/mol. The van der Waals surface area contributed by atoms with E-state index in [-0.39, 0.29) is 84.8 Å². The summed E-state index contributed by atoms with van der Waals surface area (Å²) >= 11 is 0. The van der Waals surface area contributed by atoms with Gasteiger partial charge < -0.3 is 9.13 Å². The third-order valence-electron chi connectivity index (χ3n) is 14.1. The van der Waals surface area contributed by atoms with Gasteiger partial charge >= 0.3 is 37.1 Å². The van der Waals surface area contributed by atoms with Crippen LogP contribution in [0.1, 0.15) is 38.9 Å². The van der Waals surface area contributed by atoms with Crippen molar-refractivity contribution in [3.63, 3.8) is 0 Å². The lowest BCUT2D eigenvalue weighted by atomic mass is 9.90. The van der Waals surface area contributed by atoms with Crippen LogP contribution >= 0.6 is 0 Å². The highest BCUT2D eigenvalue weighted by Crippen LogP contribution is 2.49. The van der Waals surface area contributed by atoms with Gasteiger partial charge in [-0.05, 0) is 130 Å². The summed E-state index contributed by atoms with van der Waals surface area (Å²) in [5.41, 5.74) is -11.3. The quantitative estimate of drug-likeness (QED) is 0.153. The number of hydrogen-bond donors (Lipinski definition) is 0. The third-order valence-corrected chi connectivity index (χ3v) is 14.1. The first-order valence-electron chi connectivity index (χ1n) is 24.0. The van der Waals surface area contributed by atoms with Crippen LogP contribution in [0.3, 0.4) is 0 Å². The Morgan fingerprint density at radius 1 is 0.293 bits per heavy atom. The minimum atomic E-state index is -5.39. The summed E-state index contributed by atoms with van der Waals surface area (Å²) < 4.78 is 260. The molecule has 82 heavy (non-hydrogen) atoms. The van der Waals surface area contributed by atoms with Gasteiger partial charge in [0, 0.05) is 32.7 Å². The normalized spacial score (nSPS) is 13.0. The van der Waals surface area contributed by atoms with Crippen molar-refractivity contribution in [3.05, 3.63) is 215 Å². The molecule has 0 saturated heterocycles. The van der Waals surface area contributed by atoms with Crippen molar-refractivity contribution in [2.24, 2.45) is 0 Å². The lowest BCUT2D eigenvalue weighted by Gasteiger charge is -2.22. The molecule has 21 heteroatoms. The fraction of sp³-hybridized carbons (Fsp3) is 0.0984. The Hall–Kier alpha value is -9.19. The van der Waals surface area contributed by atoms with Gasteiger partial charge in [0.2, 0.25) is 0 Å². The van der Waals surface area contributed by atoms with E-state index in [1.807, 2.05) is 0 Å². The van der Waals surface area contributed by atoms with E-state index in [4.69, 9.17) is 0 Å². The number of rotatable bonds is 6. The topological polar surface area (TPSA) is 33.6 Å². The molecule has 0 N–H and O–H groups in total. The van der Waals surface area contributed by atoms with Crippen LogP contribution in [-0.2, 0) is 37.1 Å². The van der Waals surface area contributed by atoms with Gasteiger partial charge in [-0.3, -0.25) is 0 Å². The van der Waals surface area contributed by atoms with E-state index in [0.717, 1.165) is 0 Å². The Labute approximate surface area is 449 Å². The van der Waals surface area contributed by atoms with E-state index in [1.54, 1.807) is 57.7 Å². The first-order valence-corrected chi connectivity index (χ1v) is 24.0. The largest absolute Gasteiger partial charge is 0.417 e. The molecule has 0 aliphatic rings. The number of aromatic nitrogens is 2. The number of benzene rings is 9. The van der Waals surface area contributed by atoms with Crippen LogP contribution in [0.25, 0.3) is 99.5 Å². The third kappa shape index (κ3) is 9.48. The number of hydrogen-bond acceptors (Lipinski definition) is 1. The predicted molar refractivity (Wildman–Crippen MR) is 272 cm³/mol. The average Bonchev–Trinajstić information content (AvgIpc) is 3.95. The molecule has 0 aliphatic heterocycles. The van der Waals surface area contributed by atoms with Gasteiger partial charge in [0.15, 0.2) is 0 Å². The molecule has 0 aliphatic carbocycles. The predicted octanol–water partition coefficient (Wildman–Crippen LogP) is 20.5. The number of alkyl halides is 18. The fourth-order valence-corrected chi connectivity index (χ4v) is 10.6. The Morgan fingerprint density at radius 3 is 1.05 bits per heavy atom. The summed E-state index contributed by atoms with van der Waals surface area (Å²) in [4.78, 5) is 0. The zero-order valence-corrected chi connectivity index (χ0v) is 40.9. The summed E-state index contributed by atoms with van der Waals surface area (Å²) in [5.74, 6) is 0. The molecule has 0 radical (unpaired) electrons. The van der Waals surface area contributed by atoms with Crippen molar-refractivity contribution in [1.82, 2.24) is 9.13 Å². The maximum atomic E-state index is 15.0. The number of nitrogens with zero attached hydrogens (tertiary/aromatic N) is 3. The molecule has 0 atom stereocenters. The minimum absolute atomic E-state index is 0.00438. The van der Waals surface area contributed by atoms with Crippen LogP contribution in [0.15, 0.2) is 176 Å². The highest BCUT2D eigenvalue weighted by molar-refractivity contribution is 6.13. The molecule has 2 aromatic heterocycles. The number of halogens is 18. The lowest BCUT2D eigenvalue weighted by molar-refractivity contribution is -0.144. The summed E-state index contributed by atoms with van der Waals surface area (Å²) in [6.07, 6.45) is -31.4. The first-order chi connectivity index (χ1) is 38.4. The van der Waals surface area contributed by atoms with Crippen molar-refractivity contribution in [3.8, 4) is 62.0 Å². The van der Waals surface area contributed by atoms with Gasteiger partial charge in [0.05, 0.1) is 78.5 Å². The van der Waals surface area contributed by atoms with Gasteiger partial charge in [-0.1, -0.05) is 78.9 Å². The smallest absolute Gasteiger partial charge is 0.309 e. The van der Waals surface area contributed by atoms with Crippen LogP contribution in [0.5, 0.6) is 0 Å². The van der Waals surface area contributed by atoms with E-state index in [1.165, 1.54) is 72.8 Å². The molecular formula is C61H29F18N3. The van der Waals surface area contributed by atoms with Crippen molar-refractivity contribution < 1.29 is 79.0 Å². The van der Waals surface area contributed by atoms with E-state index in [2.05, 4.69) is 6.07 Å². The molecule has 0 spiro atoms. The molecule has 2 heterocycles. The molecule has 11 rings (SSSR count). The van der Waals surface area contributed by atoms with Gasteiger partial charge in [0.1, 0.15) is 0 Å². The molecule has 11 aromatic rings. The van der Waals surface area contributed by atoms with Gasteiger partial charge in [0.25, 0.3) is 0 Å². The van der Waals surface area contributed by atoms with Crippen LogP contribution < -0.4 is 0 Å². The maximum absolute atomic E-state index is 15.0. The summed E-state index contributed by atoms with van der Waals surface area (Å²) in [5, 5.41) is 12.2. The summed E-state index contributed by atoms with van der Waals surface area (Å²) in [6, 6.07) is 34.0. The van der Waals surface area contributed by atoms with Gasteiger partial charge in [-0.2, -0.15) is 84.3 Å². The molecule has 414 valence electrons. The molecule has 0 fully saturated rings. The fourth-order valence-electron chi connectivity index (χ4n) is 10.6. The van der Waals surface area contributed by atoms with Crippen LogP contribution in [0.4, 0.5) is 79.0 Å². The van der Waals surface area contributed by atoms with Crippen LogP contribution in [-0.4, -0.2) is 9.13 Å². The molecule has 0 amide bonds. The molecule has 3 nitrogen and oxygen atoms in total. The Bertz CT molecular complexity index is 4440. The summed E-state index contributed by atoms with van der Waals surface area (Å²) in [6.45, 7) is 0. The second-order valence-electron chi connectivity index (χ2n) is 19.0. The second-order valence-corrected chi connectivity index (χ2v) is 19.0. The molecule has 0 bridgehead atoms. The second kappa shape index (κ2) is 19.0. The Morgan fingerprint density at radius 2 is 0.659 bits per heavy atom. The molecule has 0 saturated carbocycles. The first kappa shape index (κ1) is 54.8. The Balaban J connectivity index is 1.21. The van der Waals surface area contributed by atoms with Crippen molar-refractivity contribution >= 4 is 43.6 Å². The van der Waals surface area contributed by atoms with Crippen molar-refractivity contribution in [2.45, 2.75) is 37.1 Å². The summed E-state index contributed by atoms with van der Waals surface area (Å²) in [7, 11) is 0. The van der Waals surface area contributed by atoms with Gasteiger partial charge in [-0.25, -0.2) is 0 Å². The lowest BCUT2D eigenvalue weighted by Crippen LogP contribution is -2.12. The zero-order chi connectivity index (χ0) is 58.8. The maximum Gasteiger partial charge on any atom is 0.417 e. The minimum Gasteiger partial charge on any atom is -0.309 e. The van der Waals surface area contributed by atoms with E-state index >= 15 is 13.2 Å². The molecule has 0 unspecified atom stereocenters. The number of para-hydroxylation sites is 2. The zero-order valence-electron chi connectivity index (χ0n) is 40.9. The monoisotopic (exact) mass is 1150 g/mol. The number of nitriles is 1. The molecule has 9 aromatic carbocycles. The van der Waals surface area contributed by atoms with Crippen molar-refractivity contribution in [2.75, 3.05) is 0 Å². The highest BCUT2D eigenvalue weighted by atomic mass is 19.4. The van der Waals surface area contributed by atoms with Crippen LogP contribution in [0.2, 0.25) is 0 Å². The van der Waals surface area contributed by atoms with E-state index in [0.29, 0.717) is 58.2 Å². The SMILES string of the molecule is N#Cc1cccc(-n2c3ccccc3c3cc(-c4ccc(C(F)(F)F)cc4C(F)(F)F)ccc32)c1-c1cc(-c2ccc(C(F)(F)F)cc2C(F)(F)F)ccc1-n1c2ccccc2c2cc(-c3ccc(C(F)(F)F)cc3C(F)(F)F)ccc21.